The average Bonchev–Trinajstić information content (AvgIpc) is 2.36. The molecule has 2 heteroatoms. The summed E-state index contributed by atoms with van der Waals surface area (Å²) in [6.45, 7) is 10.5. The molecule has 0 aliphatic carbocycles. The third-order valence-corrected chi connectivity index (χ3v) is 3.08. The van der Waals surface area contributed by atoms with Gasteiger partial charge in [0, 0.05) is 12.6 Å². The minimum absolute atomic E-state index is 0.679. The van der Waals surface area contributed by atoms with Crippen LogP contribution in [0.3, 0.4) is 0 Å². The third kappa shape index (κ3) is 2.46. The maximum Gasteiger partial charge on any atom is 0.00356 e. The summed E-state index contributed by atoms with van der Waals surface area (Å²) in [5, 5.41) is 3.44. The largest absolute Gasteiger partial charge is 0.316 e. The normalized spacial score (nSPS) is 30.5. The van der Waals surface area contributed by atoms with Crippen LogP contribution in [0.1, 0.15) is 20.8 Å². The molecular weight excluding hydrogens is 148 g/mol. The Morgan fingerprint density at radius 2 is 2.08 bits per heavy atom. The van der Waals surface area contributed by atoms with Gasteiger partial charge in [0.1, 0.15) is 0 Å². The standard InChI is InChI=1S/C10H22N2/c1-8(2)12(4)7-10-6-11-5-9(10)3/h8-11H,5-7H2,1-4H3/t9-,10+/m1/s1. The number of nitrogens with one attached hydrogen (secondary N) is 1. The first kappa shape index (κ1) is 10.0. The van der Waals surface area contributed by atoms with E-state index >= 15 is 0 Å². The number of hydrogen-bond donors (Lipinski definition) is 1. The van der Waals surface area contributed by atoms with Crippen LogP contribution in [0.2, 0.25) is 0 Å². The van der Waals surface area contributed by atoms with E-state index in [1.165, 1.54) is 19.6 Å². The van der Waals surface area contributed by atoms with Crippen LogP contribution in [0.25, 0.3) is 0 Å². The van der Waals surface area contributed by atoms with E-state index in [1.54, 1.807) is 0 Å². The SMILES string of the molecule is CC(C)N(C)C[C@@H]1CNC[C@H]1C. The van der Waals surface area contributed by atoms with E-state index in [-0.39, 0.29) is 0 Å². The van der Waals surface area contributed by atoms with Crippen LogP contribution in [0.15, 0.2) is 0 Å². The van der Waals surface area contributed by atoms with Gasteiger partial charge in [-0.15, -0.1) is 0 Å². The third-order valence-electron chi connectivity index (χ3n) is 3.08. The van der Waals surface area contributed by atoms with Gasteiger partial charge in [-0.25, -0.2) is 0 Å². The second-order valence-corrected chi connectivity index (χ2v) is 4.43. The molecule has 1 aliphatic heterocycles. The van der Waals surface area contributed by atoms with Gasteiger partial charge in [0.25, 0.3) is 0 Å². The minimum atomic E-state index is 0.679. The molecule has 0 saturated carbocycles. The van der Waals surface area contributed by atoms with Gasteiger partial charge in [-0.05, 0) is 45.8 Å². The lowest BCUT2D eigenvalue weighted by Crippen LogP contribution is -2.34. The minimum Gasteiger partial charge on any atom is -0.316 e. The Kier molecular flexibility index (Phi) is 3.53. The zero-order chi connectivity index (χ0) is 9.14. The van der Waals surface area contributed by atoms with Crippen molar-refractivity contribution in [1.29, 1.82) is 0 Å². The molecule has 1 rings (SSSR count). The van der Waals surface area contributed by atoms with Crippen LogP contribution in [-0.4, -0.2) is 37.6 Å². The van der Waals surface area contributed by atoms with Crippen LogP contribution >= 0.6 is 0 Å². The second kappa shape index (κ2) is 4.24. The smallest absolute Gasteiger partial charge is 0.00356 e. The summed E-state index contributed by atoms with van der Waals surface area (Å²) in [5.74, 6) is 1.71. The average molecular weight is 170 g/mol. The lowest BCUT2D eigenvalue weighted by atomic mass is 9.97. The zero-order valence-electron chi connectivity index (χ0n) is 8.80. The number of hydrogen-bond acceptors (Lipinski definition) is 2. The van der Waals surface area contributed by atoms with Gasteiger partial charge in [0.15, 0.2) is 0 Å². The monoisotopic (exact) mass is 170 g/mol. The van der Waals surface area contributed by atoms with E-state index in [0.29, 0.717) is 6.04 Å². The fourth-order valence-corrected chi connectivity index (χ4v) is 1.69. The maximum atomic E-state index is 3.44. The van der Waals surface area contributed by atoms with Gasteiger partial charge in [-0.1, -0.05) is 6.92 Å². The van der Waals surface area contributed by atoms with Crippen molar-refractivity contribution in [3.8, 4) is 0 Å². The predicted molar refractivity (Wildman–Crippen MR) is 53.3 cm³/mol. The fraction of sp³-hybridized carbons (Fsp3) is 1.00. The van der Waals surface area contributed by atoms with Crippen molar-refractivity contribution in [3.63, 3.8) is 0 Å². The maximum absolute atomic E-state index is 3.44. The molecule has 1 N–H and O–H groups in total. The highest BCUT2D eigenvalue weighted by atomic mass is 15.1. The first-order chi connectivity index (χ1) is 5.61. The van der Waals surface area contributed by atoms with Crippen molar-refractivity contribution in [1.82, 2.24) is 10.2 Å². The van der Waals surface area contributed by atoms with Crippen LogP contribution in [0, 0.1) is 11.8 Å². The highest BCUT2D eigenvalue weighted by molar-refractivity contribution is 4.80. The van der Waals surface area contributed by atoms with Crippen LogP contribution in [0.5, 0.6) is 0 Å². The summed E-state index contributed by atoms with van der Waals surface area (Å²) < 4.78 is 0. The molecule has 12 heavy (non-hydrogen) atoms. The molecule has 1 heterocycles. The van der Waals surface area contributed by atoms with Crippen molar-refractivity contribution in [2.24, 2.45) is 11.8 Å². The Labute approximate surface area is 76.3 Å². The topological polar surface area (TPSA) is 15.3 Å². The summed E-state index contributed by atoms with van der Waals surface area (Å²) in [4.78, 5) is 2.44. The molecule has 0 spiro atoms. The van der Waals surface area contributed by atoms with Gasteiger partial charge in [0.2, 0.25) is 0 Å². The molecule has 72 valence electrons. The molecule has 0 aromatic heterocycles. The summed E-state index contributed by atoms with van der Waals surface area (Å²) in [5.41, 5.74) is 0. The predicted octanol–water partition coefficient (Wildman–Crippen LogP) is 1.18. The summed E-state index contributed by atoms with van der Waals surface area (Å²) in [6, 6.07) is 0.679. The van der Waals surface area contributed by atoms with Crippen molar-refractivity contribution in [2.45, 2.75) is 26.8 Å². The van der Waals surface area contributed by atoms with Crippen molar-refractivity contribution in [3.05, 3.63) is 0 Å². The number of nitrogens with zero attached hydrogens (tertiary/aromatic N) is 1. The van der Waals surface area contributed by atoms with E-state index < -0.39 is 0 Å². The molecule has 0 amide bonds. The first-order valence-electron chi connectivity index (χ1n) is 5.02. The zero-order valence-corrected chi connectivity index (χ0v) is 8.80. The quantitative estimate of drug-likeness (QED) is 0.684. The van der Waals surface area contributed by atoms with Gasteiger partial charge < -0.3 is 10.2 Å². The highest BCUT2D eigenvalue weighted by Crippen LogP contribution is 2.17. The van der Waals surface area contributed by atoms with Crippen molar-refractivity contribution >= 4 is 0 Å². The molecule has 0 bridgehead atoms. The molecule has 0 aromatic carbocycles. The van der Waals surface area contributed by atoms with Crippen molar-refractivity contribution < 1.29 is 0 Å². The van der Waals surface area contributed by atoms with E-state index in [0.717, 1.165) is 11.8 Å². The summed E-state index contributed by atoms with van der Waals surface area (Å²) in [6.07, 6.45) is 0. The molecule has 0 unspecified atom stereocenters. The Morgan fingerprint density at radius 1 is 1.42 bits per heavy atom. The molecule has 0 aromatic rings. The lowest BCUT2D eigenvalue weighted by molar-refractivity contribution is 0.218. The second-order valence-electron chi connectivity index (χ2n) is 4.43. The molecule has 0 radical (unpaired) electrons. The Hall–Kier alpha value is -0.0800. The molecule has 1 aliphatic rings. The fourth-order valence-electron chi connectivity index (χ4n) is 1.69. The van der Waals surface area contributed by atoms with Gasteiger partial charge >= 0.3 is 0 Å². The Morgan fingerprint density at radius 3 is 2.50 bits per heavy atom. The van der Waals surface area contributed by atoms with E-state index in [4.69, 9.17) is 0 Å². The first-order valence-corrected chi connectivity index (χ1v) is 5.02. The van der Waals surface area contributed by atoms with Crippen LogP contribution in [-0.2, 0) is 0 Å². The lowest BCUT2D eigenvalue weighted by Gasteiger charge is -2.26. The van der Waals surface area contributed by atoms with Gasteiger partial charge in [-0.2, -0.15) is 0 Å². The van der Waals surface area contributed by atoms with Gasteiger partial charge in [-0.3, -0.25) is 0 Å². The summed E-state index contributed by atoms with van der Waals surface area (Å²) in [7, 11) is 2.22. The summed E-state index contributed by atoms with van der Waals surface area (Å²) >= 11 is 0. The van der Waals surface area contributed by atoms with Gasteiger partial charge in [0.05, 0.1) is 0 Å². The Bertz CT molecular complexity index is 134. The molecule has 1 fully saturated rings. The molecule has 2 atom stereocenters. The van der Waals surface area contributed by atoms with Crippen LogP contribution in [0.4, 0.5) is 0 Å². The Balaban J connectivity index is 2.30. The molecule has 2 nitrogen and oxygen atoms in total. The van der Waals surface area contributed by atoms with E-state index in [9.17, 15) is 0 Å². The van der Waals surface area contributed by atoms with Crippen molar-refractivity contribution in [2.75, 3.05) is 26.7 Å². The molecule has 1 saturated heterocycles. The number of rotatable bonds is 3. The van der Waals surface area contributed by atoms with Crippen LogP contribution < -0.4 is 5.32 Å². The van der Waals surface area contributed by atoms with E-state index in [2.05, 4.69) is 38.0 Å². The highest BCUT2D eigenvalue weighted by Gasteiger charge is 2.24. The molecular formula is C10H22N2. The van der Waals surface area contributed by atoms with E-state index in [1.807, 2.05) is 0 Å².